The summed E-state index contributed by atoms with van der Waals surface area (Å²) in [6, 6.07) is 18.0. The molecular weight excluding hydrogens is 473 g/mol. The highest BCUT2D eigenvalue weighted by Gasteiger charge is 2.35. The number of amides is 2. The number of halogens is 1. The van der Waals surface area contributed by atoms with Crippen LogP contribution in [0.3, 0.4) is 0 Å². The Labute approximate surface area is 213 Å². The standard InChI is InChI=1S/C28H28FN5O3/c29-22-10-4-6-12-24(22)34(26(36)18-33-25-13-7-5-11-23(25)31-32-33)27(19-14-16-21(35)17-15-19)28(37)30-20-8-2-1-3-9-20/h4-7,10-17,20,27,35H,1-3,8-9,18H2,(H,30,37)/t27-/m0/s1. The van der Waals surface area contributed by atoms with Crippen molar-refractivity contribution in [1.82, 2.24) is 20.3 Å². The van der Waals surface area contributed by atoms with E-state index < -0.39 is 23.7 Å². The molecule has 1 atom stereocenters. The topological polar surface area (TPSA) is 100 Å². The maximum atomic E-state index is 15.2. The fourth-order valence-corrected chi connectivity index (χ4v) is 4.90. The Morgan fingerprint density at radius 2 is 1.70 bits per heavy atom. The summed E-state index contributed by atoms with van der Waals surface area (Å²) in [4.78, 5) is 28.9. The molecule has 0 saturated heterocycles. The summed E-state index contributed by atoms with van der Waals surface area (Å²) >= 11 is 0. The molecule has 1 saturated carbocycles. The SMILES string of the molecule is O=C(NC1CCCCC1)[C@H](c1ccc(O)cc1)N(C(=O)Cn1nnc2ccccc21)c1ccccc1F. The number of fused-ring (bicyclic) bond motifs is 1. The minimum Gasteiger partial charge on any atom is -0.508 e. The van der Waals surface area contributed by atoms with E-state index in [2.05, 4.69) is 15.6 Å². The van der Waals surface area contributed by atoms with Crippen molar-refractivity contribution in [3.8, 4) is 5.75 Å². The number of carbonyl (C=O) groups excluding carboxylic acids is 2. The Bertz CT molecular complexity index is 1400. The van der Waals surface area contributed by atoms with Gasteiger partial charge in [-0.25, -0.2) is 9.07 Å². The third-order valence-corrected chi connectivity index (χ3v) is 6.75. The van der Waals surface area contributed by atoms with Gasteiger partial charge in [-0.1, -0.05) is 60.9 Å². The Kier molecular flexibility index (Phi) is 7.11. The van der Waals surface area contributed by atoms with Crippen molar-refractivity contribution in [2.45, 2.75) is 50.7 Å². The lowest BCUT2D eigenvalue weighted by atomic mass is 9.94. The molecule has 0 bridgehead atoms. The maximum Gasteiger partial charge on any atom is 0.249 e. The first-order valence-corrected chi connectivity index (χ1v) is 12.5. The molecular formula is C28H28FN5O3. The number of nitrogens with one attached hydrogen (secondary N) is 1. The van der Waals surface area contributed by atoms with Crippen molar-refractivity contribution < 1.29 is 19.1 Å². The van der Waals surface area contributed by atoms with E-state index in [1.54, 1.807) is 30.3 Å². The number of phenols is 1. The highest BCUT2D eigenvalue weighted by atomic mass is 19.1. The fraction of sp³-hybridized carbons (Fsp3) is 0.286. The van der Waals surface area contributed by atoms with Crippen LogP contribution in [0.25, 0.3) is 11.0 Å². The molecule has 190 valence electrons. The fourth-order valence-electron chi connectivity index (χ4n) is 4.90. The quantitative estimate of drug-likeness (QED) is 0.388. The van der Waals surface area contributed by atoms with E-state index in [0.29, 0.717) is 16.6 Å². The van der Waals surface area contributed by atoms with Gasteiger partial charge in [-0.2, -0.15) is 0 Å². The number of benzene rings is 3. The first-order chi connectivity index (χ1) is 18.0. The zero-order valence-corrected chi connectivity index (χ0v) is 20.3. The zero-order chi connectivity index (χ0) is 25.8. The molecule has 1 aliphatic rings. The molecule has 9 heteroatoms. The predicted octanol–water partition coefficient (Wildman–Crippen LogP) is 4.50. The normalized spacial score (nSPS) is 14.8. The van der Waals surface area contributed by atoms with Crippen molar-refractivity contribution in [1.29, 1.82) is 0 Å². The van der Waals surface area contributed by atoms with Crippen molar-refractivity contribution in [3.05, 3.63) is 84.2 Å². The van der Waals surface area contributed by atoms with Crippen LogP contribution < -0.4 is 10.2 Å². The van der Waals surface area contributed by atoms with E-state index in [4.69, 9.17) is 0 Å². The predicted molar refractivity (Wildman–Crippen MR) is 137 cm³/mol. The van der Waals surface area contributed by atoms with Gasteiger partial charge in [-0.3, -0.25) is 14.5 Å². The van der Waals surface area contributed by atoms with Crippen LogP contribution in [0, 0.1) is 5.82 Å². The molecule has 5 rings (SSSR count). The second-order valence-corrected chi connectivity index (χ2v) is 9.29. The van der Waals surface area contributed by atoms with Gasteiger partial charge >= 0.3 is 0 Å². The number of rotatable bonds is 7. The Balaban J connectivity index is 1.57. The van der Waals surface area contributed by atoms with E-state index in [0.717, 1.165) is 32.1 Å². The number of phenolic OH excluding ortho intramolecular Hbond substituents is 1. The van der Waals surface area contributed by atoms with Crippen molar-refractivity contribution in [2.75, 3.05) is 4.90 Å². The van der Waals surface area contributed by atoms with E-state index in [-0.39, 0.29) is 24.0 Å². The largest absolute Gasteiger partial charge is 0.508 e. The summed E-state index contributed by atoms with van der Waals surface area (Å²) in [6.07, 6.45) is 4.87. The van der Waals surface area contributed by atoms with Gasteiger partial charge < -0.3 is 10.4 Å². The van der Waals surface area contributed by atoms with Crippen molar-refractivity contribution >= 4 is 28.5 Å². The van der Waals surface area contributed by atoms with E-state index in [1.807, 2.05) is 12.1 Å². The second kappa shape index (κ2) is 10.8. The summed E-state index contributed by atoms with van der Waals surface area (Å²) < 4.78 is 16.6. The van der Waals surface area contributed by atoms with Crippen LogP contribution in [0.4, 0.5) is 10.1 Å². The zero-order valence-electron chi connectivity index (χ0n) is 20.3. The highest BCUT2D eigenvalue weighted by Crippen LogP contribution is 2.32. The number of nitrogens with zero attached hydrogens (tertiary/aromatic N) is 4. The molecule has 1 heterocycles. The molecule has 1 aliphatic carbocycles. The Morgan fingerprint density at radius 1 is 1.00 bits per heavy atom. The molecule has 1 fully saturated rings. The van der Waals surface area contributed by atoms with E-state index in [1.165, 1.54) is 39.9 Å². The monoisotopic (exact) mass is 501 g/mol. The molecule has 0 aliphatic heterocycles. The third-order valence-electron chi connectivity index (χ3n) is 6.75. The molecule has 0 radical (unpaired) electrons. The maximum absolute atomic E-state index is 15.2. The van der Waals surface area contributed by atoms with Crippen LogP contribution in [0.15, 0.2) is 72.8 Å². The van der Waals surface area contributed by atoms with Crippen LogP contribution in [-0.4, -0.2) is 38.0 Å². The molecule has 2 amide bonds. The van der Waals surface area contributed by atoms with Gasteiger partial charge in [0.05, 0.1) is 11.2 Å². The Hall–Kier alpha value is -4.27. The second-order valence-electron chi connectivity index (χ2n) is 9.29. The Morgan fingerprint density at radius 3 is 2.46 bits per heavy atom. The van der Waals surface area contributed by atoms with Gasteiger partial charge in [0.2, 0.25) is 11.8 Å². The number of anilines is 1. The van der Waals surface area contributed by atoms with Crippen LogP contribution in [-0.2, 0) is 16.1 Å². The van der Waals surface area contributed by atoms with Crippen molar-refractivity contribution in [2.24, 2.45) is 0 Å². The molecule has 8 nitrogen and oxygen atoms in total. The molecule has 4 aromatic rings. The average molecular weight is 502 g/mol. The summed E-state index contributed by atoms with van der Waals surface area (Å²) in [6.45, 7) is -0.250. The van der Waals surface area contributed by atoms with Gasteiger partial charge in [0.15, 0.2) is 0 Å². The lowest BCUT2D eigenvalue weighted by Crippen LogP contribution is -2.48. The molecule has 0 spiro atoms. The van der Waals surface area contributed by atoms with Gasteiger partial charge in [0.25, 0.3) is 0 Å². The third kappa shape index (κ3) is 5.30. The van der Waals surface area contributed by atoms with Gasteiger partial charge in [-0.15, -0.1) is 5.10 Å². The lowest BCUT2D eigenvalue weighted by Gasteiger charge is -2.33. The number of hydrogen-bond donors (Lipinski definition) is 2. The number of hydrogen-bond acceptors (Lipinski definition) is 5. The van der Waals surface area contributed by atoms with Crippen LogP contribution in [0.1, 0.15) is 43.7 Å². The number of carbonyl (C=O) groups is 2. The molecule has 0 unspecified atom stereocenters. The first-order valence-electron chi connectivity index (χ1n) is 12.5. The van der Waals surface area contributed by atoms with Gasteiger partial charge in [-0.05, 0) is 54.8 Å². The molecule has 3 aromatic carbocycles. The van der Waals surface area contributed by atoms with Crippen molar-refractivity contribution in [3.63, 3.8) is 0 Å². The summed E-state index contributed by atoms with van der Waals surface area (Å²) in [5.74, 6) is -1.54. The van der Waals surface area contributed by atoms with Crippen LogP contribution in [0.5, 0.6) is 5.75 Å². The summed E-state index contributed by atoms with van der Waals surface area (Å²) in [7, 11) is 0. The lowest BCUT2D eigenvalue weighted by molar-refractivity contribution is -0.127. The van der Waals surface area contributed by atoms with Gasteiger partial charge in [0, 0.05) is 6.04 Å². The number of aromatic nitrogens is 3. The molecule has 37 heavy (non-hydrogen) atoms. The molecule has 1 aromatic heterocycles. The van der Waals surface area contributed by atoms with E-state index in [9.17, 15) is 14.7 Å². The highest BCUT2D eigenvalue weighted by molar-refractivity contribution is 6.01. The number of aromatic hydroxyl groups is 1. The van der Waals surface area contributed by atoms with Crippen LogP contribution >= 0.6 is 0 Å². The minimum absolute atomic E-state index is 0.0160. The summed E-state index contributed by atoms with van der Waals surface area (Å²) in [5, 5.41) is 21.2. The smallest absolute Gasteiger partial charge is 0.249 e. The minimum atomic E-state index is -1.17. The average Bonchev–Trinajstić information content (AvgIpc) is 3.31. The van der Waals surface area contributed by atoms with Gasteiger partial charge in [0.1, 0.15) is 29.7 Å². The van der Waals surface area contributed by atoms with E-state index >= 15 is 4.39 Å². The number of para-hydroxylation sites is 2. The molecule has 2 N–H and O–H groups in total. The van der Waals surface area contributed by atoms with Crippen LogP contribution in [0.2, 0.25) is 0 Å². The summed E-state index contributed by atoms with van der Waals surface area (Å²) in [5.41, 5.74) is 1.70. The first kappa shape index (κ1) is 24.4.